The molecule has 5 nitrogen and oxygen atoms in total. The van der Waals surface area contributed by atoms with Crippen molar-refractivity contribution in [2.45, 2.75) is 10.9 Å². The maximum atomic E-state index is 13.8. The van der Waals surface area contributed by atoms with E-state index >= 15 is 0 Å². The number of likely N-dealkylation sites (N-methyl/N-ethyl adjacent to an activating group) is 1. The molecule has 1 atom stereocenters. The van der Waals surface area contributed by atoms with Crippen molar-refractivity contribution < 1.29 is 17.2 Å². The van der Waals surface area contributed by atoms with Gasteiger partial charge in [0.15, 0.2) is 0 Å². The Morgan fingerprint density at radius 1 is 1.00 bits per heavy atom. The van der Waals surface area contributed by atoms with Gasteiger partial charge in [0.1, 0.15) is 16.5 Å². The van der Waals surface area contributed by atoms with E-state index in [1.807, 2.05) is 62.3 Å². The standard InChI is InChI=1S/C18H23F2N3O2S/c1-22(2)15-8-5-13(6-9-15)17(23(3)4)12-21-26(24,25)18-11-14(19)7-10-16(18)20/h5-11,17,21H,12H2,1-4H3. The predicted molar refractivity (Wildman–Crippen MR) is 98.7 cm³/mol. The first-order valence-corrected chi connectivity index (χ1v) is 9.48. The Bertz CT molecular complexity index is 853. The summed E-state index contributed by atoms with van der Waals surface area (Å²) in [5.41, 5.74) is 1.93. The van der Waals surface area contributed by atoms with Gasteiger partial charge in [-0.15, -0.1) is 0 Å². The lowest BCUT2D eigenvalue weighted by Crippen LogP contribution is -2.35. The highest BCUT2D eigenvalue weighted by Crippen LogP contribution is 2.22. The molecular weight excluding hydrogens is 360 g/mol. The highest BCUT2D eigenvalue weighted by Gasteiger charge is 2.23. The number of hydrogen-bond acceptors (Lipinski definition) is 4. The third-order valence-electron chi connectivity index (χ3n) is 4.07. The molecule has 1 unspecified atom stereocenters. The summed E-state index contributed by atoms with van der Waals surface area (Å²) in [5.74, 6) is -1.80. The highest BCUT2D eigenvalue weighted by atomic mass is 32.2. The maximum absolute atomic E-state index is 13.8. The molecule has 0 aromatic heterocycles. The third-order valence-corrected chi connectivity index (χ3v) is 5.51. The lowest BCUT2D eigenvalue weighted by molar-refractivity contribution is 0.299. The summed E-state index contributed by atoms with van der Waals surface area (Å²) in [4.78, 5) is 3.12. The summed E-state index contributed by atoms with van der Waals surface area (Å²) >= 11 is 0. The van der Waals surface area contributed by atoms with Crippen LogP contribution in [0.3, 0.4) is 0 Å². The fourth-order valence-corrected chi connectivity index (χ4v) is 3.67. The van der Waals surface area contributed by atoms with E-state index in [9.17, 15) is 17.2 Å². The normalized spacial score (nSPS) is 13.0. The van der Waals surface area contributed by atoms with Crippen molar-refractivity contribution in [3.63, 3.8) is 0 Å². The van der Waals surface area contributed by atoms with E-state index in [1.54, 1.807) is 0 Å². The molecule has 142 valence electrons. The van der Waals surface area contributed by atoms with Gasteiger partial charge in [0.25, 0.3) is 0 Å². The molecule has 0 bridgehead atoms. The van der Waals surface area contributed by atoms with Crippen LogP contribution in [0.1, 0.15) is 11.6 Å². The maximum Gasteiger partial charge on any atom is 0.243 e. The second-order valence-corrected chi connectivity index (χ2v) is 8.13. The van der Waals surface area contributed by atoms with Crippen molar-refractivity contribution in [1.29, 1.82) is 0 Å². The molecule has 0 amide bonds. The molecule has 2 aromatic carbocycles. The van der Waals surface area contributed by atoms with Crippen LogP contribution in [0.4, 0.5) is 14.5 Å². The van der Waals surface area contributed by atoms with E-state index in [0.29, 0.717) is 6.07 Å². The largest absolute Gasteiger partial charge is 0.378 e. The van der Waals surface area contributed by atoms with Gasteiger partial charge in [0.2, 0.25) is 10.0 Å². The summed E-state index contributed by atoms with van der Waals surface area (Å²) in [7, 11) is 3.33. The average Bonchev–Trinajstić information content (AvgIpc) is 2.57. The van der Waals surface area contributed by atoms with Crippen molar-refractivity contribution in [2.75, 3.05) is 39.6 Å². The molecule has 0 radical (unpaired) electrons. The zero-order chi connectivity index (χ0) is 19.5. The first-order chi connectivity index (χ1) is 12.1. The Morgan fingerprint density at radius 3 is 2.15 bits per heavy atom. The molecule has 1 N–H and O–H groups in total. The van der Waals surface area contributed by atoms with Gasteiger partial charge in [0.05, 0.1) is 0 Å². The fourth-order valence-electron chi connectivity index (χ4n) is 2.54. The average molecular weight is 383 g/mol. The summed E-state index contributed by atoms with van der Waals surface area (Å²) in [6.07, 6.45) is 0. The molecule has 0 saturated heterocycles. The number of benzene rings is 2. The zero-order valence-corrected chi connectivity index (χ0v) is 16.0. The van der Waals surface area contributed by atoms with E-state index in [1.165, 1.54) is 0 Å². The Labute approximate surface area is 153 Å². The van der Waals surface area contributed by atoms with Gasteiger partial charge in [-0.1, -0.05) is 12.1 Å². The molecule has 26 heavy (non-hydrogen) atoms. The lowest BCUT2D eigenvalue weighted by atomic mass is 10.1. The molecule has 0 aliphatic carbocycles. The van der Waals surface area contributed by atoms with Crippen LogP contribution in [0.25, 0.3) is 0 Å². The number of rotatable bonds is 7. The Hall–Kier alpha value is -2.03. The summed E-state index contributed by atoms with van der Waals surface area (Å²) in [6, 6.07) is 9.79. The van der Waals surface area contributed by atoms with Crippen LogP contribution in [-0.4, -0.2) is 48.1 Å². The molecule has 8 heteroatoms. The number of hydrogen-bond donors (Lipinski definition) is 1. The third kappa shape index (κ3) is 4.78. The molecule has 0 aliphatic heterocycles. The minimum absolute atomic E-state index is 0.0204. The summed E-state index contributed by atoms with van der Waals surface area (Å²) < 4.78 is 54.2. The second kappa shape index (κ2) is 8.11. The van der Waals surface area contributed by atoms with E-state index in [-0.39, 0.29) is 12.6 Å². The van der Waals surface area contributed by atoms with Crippen LogP contribution in [0, 0.1) is 11.6 Å². The first kappa shape index (κ1) is 20.3. The van der Waals surface area contributed by atoms with Crippen molar-refractivity contribution in [2.24, 2.45) is 0 Å². The van der Waals surface area contributed by atoms with E-state index in [2.05, 4.69) is 4.72 Å². The number of halogens is 2. The molecule has 2 rings (SSSR count). The van der Waals surface area contributed by atoms with Crippen LogP contribution in [0.15, 0.2) is 47.4 Å². The molecule has 0 aliphatic rings. The molecule has 0 spiro atoms. The van der Waals surface area contributed by atoms with Gasteiger partial charge in [-0.2, -0.15) is 0 Å². The monoisotopic (exact) mass is 383 g/mol. The number of sulfonamides is 1. The quantitative estimate of drug-likeness (QED) is 0.799. The first-order valence-electron chi connectivity index (χ1n) is 8.00. The lowest BCUT2D eigenvalue weighted by Gasteiger charge is -2.25. The number of anilines is 1. The smallest absolute Gasteiger partial charge is 0.243 e. The predicted octanol–water partition coefficient (Wildman–Crippen LogP) is 2.61. The van der Waals surface area contributed by atoms with Crippen LogP contribution in [-0.2, 0) is 10.0 Å². The van der Waals surface area contributed by atoms with E-state index in [4.69, 9.17) is 0 Å². The zero-order valence-electron chi connectivity index (χ0n) is 15.2. The van der Waals surface area contributed by atoms with Gasteiger partial charge in [0, 0.05) is 32.4 Å². The van der Waals surface area contributed by atoms with Crippen molar-refractivity contribution >= 4 is 15.7 Å². The van der Waals surface area contributed by atoms with Crippen LogP contribution in [0.5, 0.6) is 0 Å². The van der Waals surface area contributed by atoms with Crippen LogP contribution in [0.2, 0.25) is 0 Å². The van der Waals surface area contributed by atoms with Crippen molar-refractivity contribution in [3.8, 4) is 0 Å². The SMILES string of the molecule is CN(C)c1ccc(C(CNS(=O)(=O)c2cc(F)ccc2F)N(C)C)cc1. The van der Waals surface area contributed by atoms with Gasteiger partial charge >= 0.3 is 0 Å². The summed E-state index contributed by atoms with van der Waals surface area (Å²) in [6.45, 7) is 0.0204. The van der Waals surface area contributed by atoms with Gasteiger partial charge in [-0.05, 0) is 50.0 Å². The van der Waals surface area contributed by atoms with Crippen LogP contribution >= 0.6 is 0 Å². The molecule has 0 heterocycles. The molecule has 2 aromatic rings. The van der Waals surface area contributed by atoms with Crippen molar-refractivity contribution in [1.82, 2.24) is 9.62 Å². The minimum atomic E-state index is -4.17. The molecular formula is C18H23F2N3O2S. The van der Waals surface area contributed by atoms with Crippen molar-refractivity contribution in [3.05, 3.63) is 59.7 Å². The number of nitrogens with one attached hydrogen (secondary N) is 1. The topological polar surface area (TPSA) is 52.7 Å². The van der Waals surface area contributed by atoms with Crippen LogP contribution < -0.4 is 9.62 Å². The second-order valence-electron chi connectivity index (χ2n) is 6.39. The Kier molecular flexibility index (Phi) is 6.33. The minimum Gasteiger partial charge on any atom is -0.378 e. The van der Waals surface area contributed by atoms with Gasteiger partial charge < -0.3 is 9.80 Å². The molecule has 0 saturated carbocycles. The Morgan fingerprint density at radius 2 is 1.62 bits per heavy atom. The molecule has 0 fully saturated rings. The Balaban J connectivity index is 2.21. The number of nitrogens with zero attached hydrogens (tertiary/aromatic N) is 2. The van der Waals surface area contributed by atoms with Gasteiger partial charge in [-0.3, -0.25) is 0 Å². The summed E-state index contributed by atoms with van der Waals surface area (Å²) in [5, 5.41) is 0. The van der Waals surface area contributed by atoms with E-state index < -0.39 is 26.6 Å². The van der Waals surface area contributed by atoms with Gasteiger partial charge in [-0.25, -0.2) is 21.9 Å². The highest BCUT2D eigenvalue weighted by molar-refractivity contribution is 7.89. The van der Waals surface area contributed by atoms with E-state index in [0.717, 1.165) is 23.4 Å². The fraction of sp³-hybridized carbons (Fsp3) is 0.333.